The van der Waals surface area contributed by atoms with Crippen molar-refractivity contribution in [2.24, 2.45) is 4.99 Å². The SMILES string of the molecule is CCNC(=NCC(C)N1CCOCC1C)NCC1Cc2ccccc2O1.I. The fraction of sp³-hybridized carbons (Fsp3) is 0.650. The fourth-order valence-electron chi connectivity index (χ4n) is 3.64. The van der Waals surface area contributed by atoms with Crippen molar-refractivity contribution in [3.05, 3.63) is 29.8 Å². The van der Waals surface area contributed by atoms with E-state index in [-0.39, 0.29) is 30.1 Å². The van der Waals surface area contributed by atoms with Crippen LogP contribution >= 0.6 is 24.0 Å². The van der Waals surface area contributed by atoms with Gasteiger partial charge in [0, 0.05) is 31.6 Å². The molecule has 0 radical (unpaired) electrons. The van der Waals surface area contributed by atoms with Crippen molar-refractivity contribution in [3.63, 3.8) is 0 Å². The zero-order valence-corrected chi connectivity index (χ0v) is 18.9. The van der Waals surface area contributed by atoms with Crippen LogP contribution in [0.15, 0.2) is 29.3 Å². The molecule has 1 saturated heterocycles. The highest BCUT2D eigenvalue weighted by molar-refractivity contribution is 14.0. The van der Waals surface area contributed by atoms with Gasteiger partial charge in [0.1, 0.15) is 11.9 Å². The maximum Gasteiger partial charge on any atom is 0.191 e. The summed E-state index contributed by atoms with van der Waals surface area (Å²) in [5, 5.41) is 6.78. The first kappa shape index (κ1) is 22.2. The molecule has 0 amide bonds. The summed E-state index contributed by atoms with van der Waals surface area (Å²) in [5.74, 6) is 1.87. The largest absolute Gasteiger partial charge is 0.488 e. The Morgan fingerprint density at radius 3 is 2.89 bits per heavy atom. The second kappa shape index (κ2) is 11.1. The third-order valence-electron chi connectivity index (χ3n) is 5.05. The van der Waals surface area contributed by atoms with Crippen molar-refractivity contribution in [2.75, 3.05) is 39.4 Å². The number of ether oxygens (including phenoxy) is 2. The van der Waals surface area contributed by atoms with E-state index in [4.69, 9.17) is 14.5 Å². The van der Waals surface area contributed by atoms with Gasteiger partial charge in [-0.3, -0.25) is 9.89 Å². The number of nitrogens with one attached hydrogen (secondary N) is 2. The number of rotatable bonds is 6. The summed E-state index contributed by atoms with van der Waals surface area (Å²) in [5.41, 5.74) is 1.29. The fourth-order valence-corrected chi connectivity index (χ4v) is 3.64. The molecule has 1 fully saturated rings. The van der Waals surface area contributed by atoms with E-state index in [1.807, 2.05) is 12.1 Å². The van der Waals surface area contributed by atoms with E-state index in [1.54, 1.807) is 0 Å². The molecule has 0 bridgehead atoms. The van der Waals surface area contributed by atoms with E-state index in [9.17, 15) is 0 Å². The van der Waals surface area contributed by atoms with Gasteiger partial charge in [0.05, 0.1) is 26.3 Å². The van der Waals surface area contributed by atoms with Gasteiger partial charge in [0.25, 0.3) is 0 Å². The second-order valence-corrected chi connectivity index (χ2v) is 7.16. The van der Waals surface area contributed by atoms with Crippen LogP contribution in [0, 0.1) is 0 Å². The first-order chi connectivity index (χ1) is 12.7. The highest BCUT2D eigenvalue weighted by Gasteiger charge is 2.24. The zero-order valence-electron chi connectivity index (χ0n) is 16.6. The van der Waals surface area contributed by atoms with Crippen LogP contribution in [0.2, 0.25) is 0 Å². The van der Waals surface area contributed by atoms with Crippen LogP contribution in [0.1, 0.15) is 26.3 Å². The van der Waals surface area contributed by atoms with E-state index in [1.165, 1.54) is 5.56 Å². The molecule has 3 unspecified atom stereocenters. The molecule has 2 aliphatic rings. The molecule has 27 heavy (non-hydrogen) atoms. The number of benzene rings is 1. The number of aliphatic imine (C=N–C) groups is 1. The topological polar surface area (TPSA) is 58.1 Å². The Balaban J connectivity index is 0.00000261. The molecule has 2 N–H and O–H groups in total. The average Bonchev–Trinajstić information content (AvgIpc) is 3.07. The Kier molecular flexibility index (Phi) is 9.11. The normalized spacial score (nSPS) is 23.7. The number of morpholine rings is 1. The minimum Gasteiger partial charge on any atom is -0.488 e. The molecular formula is C20H33IN4O2. The number of nitrogens with zero attached hydrogens (tertiary/aromatic N) is 2. The molecule has 1 aromatic carbocycles. The molecule has 152 valence electrons. The minimum absolute atomic E-state index is 0. The summed E-state index contributed by atoms with van der Waals surface area (Å²) in [6.45, 7) is 11.5. The first-order valence-electron chi connectivity index (χ1n) is 9.77. The minimum atomic E-state index is 0. The lowest BCUT2D eigenvalue weighted by atomic mass is 10.1. The Morgan fingerprint density at radius 2 is 2.15 bits per heavy atom. The molecule has 7 heteroatoms. The molecule has 3 rings (SSSR count). The smallest absolute Gasteiger partial charge is 0.191 e. The number of para-hydroxylation sites is 1. The van der Waals surface area contributed by atoms with E-state index < -0.39 is 0 Å². The van der Waals surface area contributed by atoms with E-state index in [0.717, 1.165) is 57.5 Å². The van der Waals surface area contributed by atoms with Crippen molar-refractivity contribution >= 4 is 29.9 Å². The molecule has 2 aliphatic heterocycles. The molecule has 0 saturated carbocycles. The molecule has 1 aromatic rings. The average molecular weight is 488 g/mol. The number of hydrogen-bond acceptors (Lipinski definition) is 4. The third kappa shape index (κ3) is 6.22. The molecule has 2 heterocycles. The summed E-state index contributed by atoms with van der Waals surface area (Å²) in [6, 6.07) is 9.12. The monoisotopic (exact) mass is 488 g/mol. The van der Waals surface area contributed by atoms with E-state index in [0.29, 0.717) is 12.1 Å². The van der Waals surface area contributed by atoms with Crippen LogP contribution in [0.4, 0.5) is 0 Å². The van der Waals surface area contributed by atoms with Gasteiger partial charge in [-0.1, -0.05) is 18.2 Å². The lowest BCUT2D eigenvalue weighted by Crippen LogP contribution is -2.50. The first-order valence-corrected chi connectivity index (χ1v) is 9.77. The second-order valence-electron chi connectivity index (χ2n) is 7.16. The highest BCUT2D eigenvalue weighted by atomic mass is 127. The van der Waals surface area contributed by atoms with Gasteiger partial charge in [-0.25, -0.2) is 0 Å². The molecule has 3 atom stereocenters. The van der Waals surface area contributed by atoms with Gasteiger partial charge in [-0.15, -0.1) is 24.0 Å². The van der Waals surface area contributed by atoms with Crippen LogP contribution in [-0.2, 0) is 11.2 Å². The van der Waals surface area contributed by atoms with Crippen molar-refractivity contribution in [3.8, 4) is 5.75 Å². The highest BCUT2D eigenvalue weighted by Crippen LogP contribution is 2.27. The van der Waals surface area contributed by atoms with Crippen LogP contribution in [-0.4, -0.2) is 68.4 Å². The predicted octanol–water partition coefficient (Wildman–Crippen LogP) is 2.27. The standard InChI is InChI=1S/C20H32N4O2.HI/c1-4-21-20(22-12-15(2)24-9-10-25-14-16(24)3)23-13-18-11-17-7-5-6-8-19(17)26-18;/h5-8,15-16,18H,4,9-14H2,1-3H3,(H2,21,22,23);1H. The number of hydrogen-bond donors (Lipinski definition) is 2. The maximum absolute atomic E-state index is 6.00. The molecular weight excluding hydrogens is 455 g/mol. The molecule has 0 aromatic heterocycles. The Labute approximate surface area is 180 Å². The number of halogens is 1. The van der Waals surface area contributed by atoms with Gasteiger partial charge in [0.15, 0.2) is 5.96 Å². The van der Waals surface area contributed by atoms with Crippen molar-refractivity contribution in [1.29, 1.82) is 0 Å². The van der Waals surface area contributed by atoms with Gasteiger partial charge >= 0.3 is 0 Å². The van der Waals surface area contributed by atoms with E-state index in [2.05, 4.69) is 48.4 Å². The van der Waals surface area contributed by atoms with Crippen LogP contribution in [0.5, 0.6) is 5.75 Å². The Morgan fingerprint density at radius 1 is 1.33 bits per heavy atom. The van der Waals surface area contributed by atoms with Crippen LogP contribution in [0.3, 0.4) is 0 Å². The molecule has 6 nitrogen and oxygen atoms in total. The summed E-state index contributed by atoms with van der Waals surface area (Å²) < 4.78 is 11.5. The van der Waals surface area contributed by atoms with Crippen molar-refractivity contribution in [2.45, 2.75) is 45.4 Å². The number of guanidine groups is 1. The van der Waals surface area contributed by atoms with Crippen molar-refractivity contribution < 1.29 is 9.47 Å². The zero-order chi connectivity index (χ0) is 18.4. The van der Waals surface area contributed by atoms with Crippen LogP contribution < -0.4 is 15.4 Å². The van der Waals surface area contributed by atoms with Gasteiger partial charge in [-0.05, 0) is 32.4 Å². The summed E-state index contributed by atoms with van der Waals surface area (Å²) in [7, 11) is 0. The van der Waals surface area contributed by atoms with Gasteiger partial charge in [0.2, 0.25) is 0 Å². The number of fused-ring (bicyclic) bond motifs is 1. The molecule has 0 aliphatic carbocycles. The summed E-state index contributed by atoms with van der Waals surface area (Å²) >= 11 is 0. The van der Waals surface area contributed by atoms with Gasteiger partial charge in [-0.2, -0.15) is 0 Å². The summed E-state index contributed by atoms with van der Waals surface area (Å²) in [6.07, 6.45) is 1.11. The van der Waals surface area contributed by atoms with Gasteiger partial charge < -0.3 is 20.1 Å². The third-order valence-corrected chi connectivity index (χ3v) is 5.05. The lowest BCUT2D eigenvalue weighted by molar-refractivity contribution is -0.0165. The summed E-state index contributed by atoms with van der Waals surface area (Å²) in [4.78, 5) is 7.27. The van der Waals surface area contributed by atoms with Crippen molar-refractivity contribution in [1.82, 2.24) is 15.5 Å². The Bertz CT molecular complexity index is 588. The van der Waals surface area contributed by atoms with E-state index >= 15 is 0 Å². The lowest BCUT2D eigenvalue weighted by Gasteiger charge is -2.37. The quantitative estimate of drug-likeness (QED) is 0.366. The molecule has 0 spiro atoms. The van der Waals surface area contributed by atoms with Crippen LogP contribution in [0.25, 0.3) is 0 Å². The predicted molar refractivity (Wildman–Crippen MR) is 120 cm³/mol. The maximum atomic E-state index is 6.00. The Hall–Kier alpha value is -1.06.